The summed E-state index contributed by atoms with van der Waals surface area (Å²) in [6.45, 7) is 1.72. The lowest BCUT2D eigenvalue weighted by Gasteiger charge is -2.07. The second-order valence-electron chi connectivity index (χ2n) is 4.52. The summed E-state index contributed by atoms with van der Waals surface area (Å²) >= 11 is 0. The highest BCUT2D eigenvalue weighted by Crippen LogP contribution is 2.20. The molecule has 0 radical (unpaired) electrons. The molecule has 7 nitrogen and oxygen atoms in total. The predicted octanol–water partition coefficient (Wildman–Crippen LogP) is 1.83. The molecular formula is C13H16N2O5S. The maximum absolute atomic E-state index is 11.9. The Balaban J connectivity index is 2.02. The predicted molar refractivity (Wildman–Crippen MR) is 77.4 cm³/mol. The molecule has 2 rings (SSSR count). The van der Waals surface area contributed by atoms with E-state index in [0.717, 1.165) is 0 Å². The van der Waals surface area contributed by atoms with E-state index in [1.807, 2.05) is 0 Å². The number of sulfonamides is 1. The minimum atomic E-state index is -3.52. The highest BCUT2D eigenvalue weighted by Gasteiger charge is 2.13. The third kappa shape index (κ3) is 4.19. The highest BCUT2D eigenvalue weighted by atomic mass is 32.2. The number of carbonyl (C=O) groups is 1. The lowest BCUT2D eigenvalue weighted by atomic mass is 10.3. The summed E-state index contributed by atoms with van der Waals surface area (Å²) in [5.41, 5.74) is 1.59. The van der Waals surface area contributed by atoms with Crippen molar-refractivity contribution in [3.63, 3.8) is 0 Å². The Labute approximate surface area is 122 Å². The van der Waals surface area contributed by atoms with Crippen LogP contribution in [-0.2, 0) is 19.6 Å². The zero-order chi connectivity index (χ0) is 15.5. The molecule has 21 heavy (non-hydrogen) atoms. The number of methoxy groups -OCH3 is 1. The first kappa shape index (κ1) is 15.3. The molecule has 0 aliphatic heterocycles. The highest BCUT2D eigenvalue weighted by molar-refractivity contribution is 7.92. The van der Waals surface area contributed by atoms with Crippen LogP contribution >= 0.6 is 0 Å². The molecule has 0 atom stereocenters. The van der Waals surface area contributed by atoms with Gasteiger partial charge in [0.25, 0.3) is 0 Å². The Morgan fingerprint density at radius 2 is 2.19 bits per heavy atom. The minimum absolute atomic E-state index is 0.0684. The average molecular weight is 312 g/mol. The van der Waals surface area contributed by atoms with Crippen LogP contribution < -0.4 is 4.72 Å². The lowest BCUT2D eigenvalue weighted by molar-refractivity contribution is -0.140. The number of aromatic nitrogens is 1. The minimum Gasteiger partial charge on any atom is -0.469 e. The fourth-order valence-corrected chi connectivity index (χ4v) is 2.96. The van der Waals surface area contributed by atoms with E-state index in [-0.39, 0.29) is 18.6 Å². The lowest BCUT2D eigenvalue weighted by Crippen LogP contribution is -2.17. The van der Waals surface area contributed by atoms with Crippen molar-refractivity contribution in [3.8, 4) is 0 Å². The average Bonchev–Trinajstić information content (AvgIpc) is 2.77. The molecule has 2 aromatic rings. The van der Waals surface area contributed by atoms with Gasteiger partial charge in [-0.05, 0) is 24.6 Å². The van der Waals surface area contributed by atoms with Crippen LogP contribution in [0.25, 0.3) is 11.1 Å². The molecule has 1 heterocycles. The Bertz CT molecular complexity index is 751. The number of nitrogens with zero attached hydrogens (tertiary/aromatic N) is 1. The molecule has 0 spiro atoms. The standard InChI is InChI=1S/C13H16N2O5S/c1-9-14-11-8-10(5-6-12(11)20-9)15-21(17,18)7-3-4-13(16)19-2/h5-6,8,15H,3-4,7H2,1-2H3. The van der Waals surface area contributed by atoms with Gasteiger partial charge in [-0.15, -0.1) is 0 Å². The molecule has 0 unspecified atom stereocenters. The summed E-state index contributed by atoms with van der Waals surface area (Å²) in [5, 5.41) is 0. The van der Waals surface area contributed by atoms with Gasteiger partial charge >= 0.3 is 5.97 Å². The van der Waals surface area contributed by atoms with Gasteiger partial charge in [0, 0.05) is 13.3 Å². The number of rotatable bonds is 6. The number of benzene rings is 1. The van der Waals surface area contributed by atoms with Gasteiger partial charge in [-0.25, -0.2) is 13.4 Å². The number of anilines is 1. The van der Waals surface area contributed by atoms with Crippen molar-refractivity contribution < 1.29 is 22.4 Å². The molecule has 8 heteroatoms. The van der Waals surface area contributed by atoms with Crippen molar-refractivity contribution in [1.29, 1.82) is 0 Å². The van der Waals surface area contributed by atoms with Crippen molar-refractivity contribution in [3.05, 3.63) is 24.1 Å². The molecule has 0 aliphatic carbocycles. The molecule has 0 bridgehead atoms. The van der Waals surface area contributed by atoms with Crippen LogP contribution in [0, 0.1) is 6.92 Å². The number of fused-ring (bicyclic) bond motifs is 1. The SMILES string of the molecule is COC(=O)CCCS(=O)(=O)Nc1ccc2oc(C)nc2c1. The number of aryl methyl sites for hydroxylation is 1. The molecule has 114 valence electrons. The van der Waals surface area contributed by atoms with Gasteiger partial charge in [-0.3, -0.25) is 9.52 Å². The van der Waals surface area contributed by atoms with Crippen LogP contribution in [-0.4, -0.2) is 32.2 Å². The van der Waals surface area contributed by atoms with E-state index in [2.05, 4.69) is 14.4 Å². The molecule has 1 aromatic carbocycles. The van der Waals surface area contributed by atoms with Crippen LogP contribution in [0.3, 0.4) is 0 Å². The fraction of sp³-hybridized carbons (Fsp3) is 0.385. The third-order valence-electron chi connectivity index (χ3n) is 2.79. The molecule has 0 amide bonds. The van der Waals surface area contributed by atoms with Gasteiger partial charge in [-0.2, -0.15) is 0 Å². The van der Waals surface area contributed by atoms with E-state index in [0.29, 0.717) is 22.7 Å². The Kier molecular flexibility index (Phi) is 4.46. The van der Waals surface area contributed by atoms with Crippen molar-refractivity contribution in [2.45, 2.75) is 19.8 Å². The number of oxazole rings is 1. The van der Waals surface area contributed by atoms with Crippen LogP contribution in [0.5, 0.6) is 0 Å². The monoisotopic (exact) mass is 312 g/mol. The first-order valence-electron chi connectivity index (χ1n) is 6.34. The number of hydrogen-bond donors (Lipinski definition) is 1. The Morgan fingerprint density at radius 3 is 2.90 bits per heavy atom. The topological polar surface area (TPSA) is 98.5 Å². The van der Waals surface area contributed by atoms with Gasteiger partial charge in [-0.1, -0.05) is 0 Å². The number of ether oxygens (including phenoxy) is 1. The van der Waals surface area contributed by atoms with E-state index in [9.17, 15) is 13.2 Å². The van der Waals surface area contributed by atoms with E-state index in [1.54, 1.807) is 25.1 Å². The van der Waals surface area contributed by atoms with Gasteiger partial charge < -0.3 is 9.15 Å². The summed E-state index contributed by atoms with van der Waals surface area (Å²) in [5.74, 6) is -0.0642. The number of esters is 1. The second-order valence-corrected chi connectivity index (χ2v) is 6.36. The Hall–Kier alpha value is -2.09. The molecule has 0 fully saturated rings. The Morgan fingerprint density at radius 1 is 1.43 bits per heavy atom. The van der Waals surface area contributed by atoms with Gasteiger partial charge in [0.15, 0.2) is 11.5 Å². The molecule has 0 saturated carbocycles. The second kappa shape index (κ2) is 6.13. The maximum Gasteiger partial charge on any atom is 0.305 e. The summed E-state index contributed by atoms with van der Waals surface area (Å²) in [6, 6.07) is 4.86. The van der Waals surface area contributed by atoms with Gasteiger partial charge in [0.05, 0.1) is 18.6 Å². The van der Waals surface area contributed by atoms with Crippen LogP contribution in [0.4, 0.5) is 5.69 Å². The third-order valence-corrected chi connectivity index (χ3v) is 4.16. The van der Waals surface area contributed by atoms with Crippen molar-refractivity contribution in [2.24, 2.45) is 0 Å². The van der Waals surface area contributed by atoms with Crippen LogP contribution in [0.1, 0.15) is 18.7 Å². The smallest absolute Gasteiger partial charge is 0.305 e. The first-order chi connectivity index (χ1) is 9.89. The number of hydrogen-bond acceptors (Lipinski definition) is 6. The zero-order valence-electron chi connectivity index (χ0n) is 11.8. The summed E-state index contributed by atoms with van der Waals surface area (Å²) < 4.78 is 36.0. The zero-order valence-corrected chi connectivity index (χ0v) is 12.6. The largest absolute Gasteiger partial charge is 0.469 e. The summed E-state index contributed by atoms with van der Waals surface area (Å²) in [4.78, 5) is 15.1. The van der Waals surface area contributed by atoms with E-state index in [4.69, 9.17) is 4.42 Å². The normalized spacial score (nSPS) is 11.5. The van der Waals surface area contributed by atoms with Gasteiger partial charge in [0.1, 0.15) is 5.52 Å². The molecule has 0 saturated heterocycles. The van der Waals surface area contributed by atoms with Crippen LogP contribution in [0.2, 0.25) is 0 Å². The van der Waals surface area contributed by atoms with Gasteiger partial charge in [0.2, 0.25) is 10.0 Å². The first-order valence-corrected chi connectivity index (χ1v) is 7.99. The number of nitrogens with one attached hydrogen (secondary N) is 1. The van der Waals surface area contributed by atoms with Crippen molar-refractivity contribution >= 4 is 32.8 Å². The van der Waals surface area contributed by atoms with E-state index < -0.39 is 16.0 Å². The molecule has 1 N–H and O–H groups in total. The molecule has 1 aromatic heterocycles. The quantitative estimate of drug-likeness (QED) is 0.817. The van der Waals surface area contributed by atoms with E-state index >= 15 is 0 Å². The fourth-order valence-electron chi connectivity index (χ4n) is 1.85. The maximum atomic E-state index is 11.9. The summed E-state index contributed by atoms with van der Waals surface area (Å²) in [6.07, 6.45) is 0.270. The molecule has 0 aliphatic rings. The van der Waals surface area contributed by atoms with Crippen molar-refractivity contribution in [1.82, 2.24) is 4.98 Å². The summed E-state index contributed by atoms with van der Waals surface area (Å²) in [7, 11) is -2.25. The molecular weight excluding hydrogens is 296 g/mol. The van der Waals surface area contributed by atoms with Crippen molar-refractivity contribution in [2.75, 3.05) is 17.6 Å². The van der Waals surface area contributed by atoms with Crippen LogP contribution in [0.15, 0.2) is 22.6 Å². The van der Waals surface area contributed by atoms with E-state index in [1.165, 1.54) is 7.11 Å². The number of carbonyl (C=O) groups excluding carboxylic acids is 1.